The number of benzene rings is 2. The number of rotatable bonds is 5. The Morgan fingerprint density at radius 1 is 0.958 bits per heavy atom. The number of aromatic nitrogens is 1. The van der Waals surface area contributed by atoms with Gasteiger partial charge in [-0.3, -0.25) is 9.71 Å². The van der Waals surface area contributed by atoms with Crippen molar-refractivity contribution in [2.24, 2.45) is 0 Å². The molecule has 0 aliphatic heterocycles. The Hall–Kier alpha value is -2.86. The fourth-order valence-electron chi connectivity index (χ4n) is 2.10. The van der Waals surface area contributed by atoms with Crippen LogP contribution in [0.2, 0.25) is 0 Å². The van der Waals surface area contributed by atoms with E-state index >= 15 is 0 Å². The lowest BCUT2D eigenvalue weighted by molar-refractivity contribution is 0.480. The van der Waals surface area contributed by atoms with Crippen molar-refractivity contribution in [3.8, 4) is 11.5 Å². The predicted octanol–water partition coefficient (Wildman–Crippen LogP) is 3.98. The van der Waals surface area contributed by atoms with E-state index < -0.39 is 10.0 Å². The van der Waals surface area contributed by atoms with Crippen molar-refractivity contribution in [1.82, 2.24) is 4.98 Å². The lowest BCUT2D eigenvalue weighted by Crippen LogP contribution is -2.12. The minimum Gasteiger partial charge on any atom is -0.456 e. The second-order valence-electron chi connectivity index (χ2n) is 5.24. The van der Waals surface area contributed by atoms with Crippen molar-refractivity contribution >= 4 is 15.7 Å². The number of sulfonamides is 1. The Morgan fingerprint density at radius 3 is 2.42 bits per heavy atom. The second-order valence-corrected chi connectivity index (χ2v) is 6.92. The van der Waals surface area contributed by atoms with Gasteiger partial charge in [0.15, 0.2) is 0 Å². The van der Waals surface area contributed by atoms with Crippen LogP contribution in [0.1, 0.15) is 5.56 Å². The van der Waals surface area contributed by atoms with E-state index in [1.54, 1.807) is 73.1 Å². The average molecular weight is 340 g/mol. The molecule has 0 fully saturated rings. The molecule has 122 valence electrons. The van der Waals surface area contributed by atoms with Crippen molar-refractivity contribution in [3.63, 3.8) is 0 Å². The van der Waals surface area contributed by atoms with Gasteiger partial charge in [-0.1, -0.05) is 23.8 Å². The zero-order valence-electron chi connectivity index (χ0n) is 13.0. The lowest BCUT2D eigenvalue weighted by Gasteiger charge is -2.10. The molecule has 0 atom stereocenters. The van der Waals surface area contributed by atoms with E-state index in [0.29, 0.717) is 17.2 Å². The van der Waals surface area contributed by atoms with Crippen LogP contribution in [-0.2, 0) is 10.0 Å². The van der Waals surface area contributed by atoms with Gasteiger partial charge in [-0.15, -0.1) is 0 Å². The number of ether oxygens (including phenoxy) is 1. The zero-order chi connectivity index (χ0) is 17.0. The minimum atomic E-state index is -3.64. The highest BCUT2D eigenvalue weighted by atomic mass is 32.2. The smallest absolute Gasteiger partial charge is 0.261 e. The summed E-state index contributed by atoms with van der Waals surface area (Å²) in [5, 5.41) is 0. The molecule has 0 amide bonds. The number of hydrogen-bond donors (Lipinski definition) is 1. The summed E-state index contributed by atoms with van der Waals surface area (Å²) in [6.07, 6.45) is 3.24. The summed E-state index contributed by atoms with van der Waals surface area (Å²) < 4.78 is 33.1. The maximum absolute atomic E-state index is 12.4. The van der Waals surface area contributed by atoms with Crippen LogP contribution in [-0.4, -0.2) is 13.4 Å². The number of anilines is 1. The van der Waals surface area contributed by atoms with Gasteiger partial charge >= 0.3 is 0 Å². The SMILES string of the molecule is Cc1ccc(S(=O)(=O)Nc2cccc(Oc3cccnc3)c2)cc1. The molecule has 1 N–H and O–H groups in total. The fraction of sp³-hybridized carbons (Fsp3) is 0.0556. The monoisotopic (exact) mass is 340 g/mol. The third kappa shape index (κ3) is 3.91. The molecule has 3 aromatic rings. The van der Waals surface area contributed by atoms with E-state index in [0.717, 1.165) is 5.56 Å². The molecule has 0 unspecified atom stereocenters. The van der Waals surface area contributed by atoms with Crippen LogP contribution in [0, 0.1) is 6.92 Å². The number of nitrogens with zero attached hydrogens (tertiary/aromatic N) is 1. The normalized spacial score (nSPS) is 11.0. The molecule has 5 nitrogen and oxygen atoms in total. The highest BCUT2D eigenvalue weighted by Crippen LogP contribution is 2.25. The summed E-state index contributed by atoms with van der Waals surface area (Å²) >= 11 is 0. The van der Waals surface area contributed by atoms with Crippen molar-refractivity contribution < 1.29 is 13.2 Å². The van der Waals surface area contributed by atoms with Gasteiger partial charge in [-0.2, -0.15) is 0 Å². The summed E-state index contributed by atoms with van der Waals surface area (Å²) in [6, 6.07) is 17.0. The van der Waals surface area contributed by atoms with Gasteiger partial charge in [0, 0.05) is 12.3 Å². The van der Waals surface area contributed by atoms with Gasteiger partial charge in [0.25, 0.3) is 10.0 Å². The van der Waals surface area contributed by atoms with Gasteiger partial charge in [-0.25, -0.2) is 8.42 Å². The first-order chi connectivity index (χ1) is 11.5. The van der Waals surface area contributed by atoms with E-state index in [1.165, 1.54) is 0 Å². The van der Waals surface area contributed by atoms with Crippen LogP contribution >= 0.6 is 0 Å². The van der Waals surface area contributed by atoms with Gasteiger partial charge in [0.2, 0.25) is 0 Å². The first-order valence-electron chi connectivity index (χ1n) is 7.30. The molecule has 0 aliphatic rings. The van der Waals surface area contributed by atoms with E-state index in [4.69, 9.17) is 4.74 Å². The van der Waals surface area contributed by atoms with Gasteiger partial charge in [-0.05, 0) is 43.3 Å². The quantitative estimate of drug-likeness (QED) is 0.763. The fourth-order valence-corrected chi connectivity index (χ4v) is 3.15. The Bertz CT molecular complexity index is 924. The van der Waals surface area contributed by atoms with Crippen LogP contribution in [0.5, 0.6) is 11.5 Å². The first kappa shape index (κ1) is 16.0. The van der Waals surface area contributed by atoms with Crippen molar-refractivity contribution in [2.45, 2.75) is 11.8 Å². The third-order valence-corrected chi connectivity index (χ3v) is 4.68. The molecule has 2 aromatic carbocycles. The molecule has 1 aromatic heterocycles. The average Bonchev–Trinajstić information content (AvgIpc) is 2.56. The zero-order valence-corrected chi connectivity index (χ0v) is 13.8. The molecule has 6 heteroatoms. The number of hydrogen-bond acceptors (Lipinski definition) is 4. The van der Waals surface area contributed by atoms with Gasteiger partial charge in [0.1, 0.15) is 11.5 Å². The molecule has 24 heavy (non-hydrogen) atoms. The maximum Gasteiger partial charge on any atom is 0.261 e. The van der Waals surface area contributed by atoms with Crippen LogP contribution in [0.15, 0.2) is 78.0 Å². The minimum absolute atomic E-state index is 0.215. The van der Waals surface area contributed by atoms with E-state index in [2.05, 4.69) is 9.71 Å². The number of pyridine rings is 1. The molecule has 0 radical (unpaired) electrons. The van der Waals surface area contributed by atoms with Crippen molar-refractivity contribution in [1.29, 1.82) is 0 Å². The topological polar surface area (TPSA) is 68.3 Å². The molecule has 0 saturated carbocycles. The van der Waals surface area contributed by atoms with E-state index in [9.17, 15) is 8.42 Å². The van der Waals surface area contributed by atoms with Crippen LogP contribution in [0.25, 0.3) is 0 Å². The van der Waals surface area contributed by atoms with Crippen LogP contribution < -0.4 is 9.46 Å². The Balaban J connectivity index is 1.80. The standard InChI is InChI=1S/C18H16N2O3S/c1-14-7-9-18(10-8-14)24(21,22)20-15-4-2-5-16(12-15)23-17-6-3-11-19-13-17/h2-13,20H,1H3. The Morgan fingerprint density at radius 2 is 1.71 bits per heavy atom. The summed E-state index contributed by atoms with van der Waals surface area (Å²) in [6.45, 7) is 1.91. The van der Waals surface area contributed by atoms with Crippen LogP contribution in [0.3, 0.4) is 0 Å². The summed E-state index contributed by atoms with van der Waals surface area (Å²) in [7, 11) is -3.64. The van der Waals surface area contributed by atoms with Gasteiger partial charge < -0.3 is 4.74 Å². The molecule has 3 rings (SSSR count). The maximum atomic E-state index is 12.4. The lowest BCUT2D eigenvalue weighted by atomic mass is 10.2. The van der Waals surface area contributed by atoms with Crippen molar-refractivity contribution in [3.05, 3.63) is 78.6 Å². The summed E-state index contributed by atoms with van der Waals surface area (Å²) in [4.78, 5) is 4.19. The number of nitrogens with one attached hydrogen (secondary N) is 1. The van der Waals surface area contributed by atoms with Crippen LogP contribution in [0.4, 0.5) is 5.69 Å². The Labute approximate surface area is 141 Å². The summed E-state index contributed by atoms with van der Waals surface area (Å²) in [5.74, 6) is 1.10. The molecular formula is C18H16N2O3S. The van der Waals surface area contributed by atoms with E-state index in [-0.39, 0.29) is 4.90 Å². The Kier molecular flexibility index (Phi) is 4.48. The second kappa shape index (κ2) is 6.72. The van der Waals surface area contributed by atoms with E-state index in [1.807, 2.05) is 6.92 Å². The first-order valence-corrected chi connectivity index (χ1v) is 8.79. The molecule has 0 bridgehead atoms. The molecular weight excluding hydrogens is 324 g/mol. The predicted molar refractivity (Wildman–Crippen MR) is 92.7 cm³/mol. The largest absolute Gasteiger partial charge is 0.456 e. The third-order valence-electron chi connectivity index (χ3n) is 3.29. The molecule has 1 heterocycles. The highest BCUT2D eigenvalue weighted by molar-refractivity contribution is 7.92. The number of aryl methyl sites for hydroxylation is 1. The van der Waals surface area contributed by atoms with Gasteiger partial charge in [0.05, 0.1) is 16.8 Å². The van der Waals surface area contributed by atoms with Crippen molar-refractivity contribution in [2.75, 3.05) is 4.72 Å². The molecule has 0 saturated heterocycles. The summed E-state index contributed by atoms with van der Waals surface area (Å²) in [5.41, 5.74) is 1.43. The molecule has 0 aliphatic carbocycles. The highest BCUT2D eigenvalue weighted by Gasteiger charge is 2.14. The molecule has 0 spiro atoms.